The van der Waals surface area contributed by atoms with Crippen LogP contribution in [0, 0.1) is 24.7 Å². The number of aromatic nitrogens is 2. The highest BCUT2D eigenvalue weighted by molar-refractivity contribution is 5.51. The highest BCUT2D eigenvalue weighted by atomic mass is 16.5. The Hall–Kier alpha value is -2.91. The first-order valence-electron chi connectivity index (χ1n) is 9.71. The molecule has 1 unspecified atom stereocenters. The number of rotatable bonds is 5. The van der Waals surface area contributed by atoms with Gasteiger partial charge in [0.2, 0.25) is 5.88 Å². The SMILES string of the molecule is CN(C)C.Cc1nc(OCC=O)cc(=O)n1C(C)c1ccc(C#CC2CC2)cc1. The molecule has 1 aliphatic carbocycles. The summed E-state index contributed by atoms with van der Waals surface area (Å²) in [5, 5.41) is 0. The third-order valence-corrected chi connectivity index (χ3v) is 4.18. The lowest BCUT2D eigenvalue weighted by molar-refractivity contribution is -0.109. The first-order chi connectivity index (χ1) is 13.8. The van der Waals surface area contributed by atoms with Gasteiger partial charge in [0, 0.05) is 11.5 Å². The van der Waals surface area contributed by atoms with Crippen LogP contribution in [0.25, 0.3) is 0 Å². The second-order valence-corrected chi connectivity index (χ2v) is 7.51. The van der Waals surface area contributed by atoms with Crippen LogP contribution in [0.4, 0.5) is 0 Å². The summed E-state index contributed by atoms with van der Waals surface area (Å²) >= 11 is 0. The lowest BCUT2D eigenvalue weighted by Crippen LogP contribution is -2.27. The minimum Gasteiger partial charge on any atom is -0.470 e. The molecule has 0 bridgehead atoms. The van der Waals surface area contributed by atoms with Crippen LogP contribution in [0.5, 0.6) is 5.88 Å². The van der Waals surface area contributed by atoms with Gasteiger partial charge in [-0.1, -0.05) is 24.0 Å². The largest absolute Gasteiger partial charge is 0.470 e. The molecule has 1 saturated carbocycles. The van der Waals surface area contributed by atoms with Gasteiger partial charge in [-0.3, -0.25) is 14.2 Å². The quantitative estimate of drug-likeness (QED) is 0.575. The summed E-state index contributed by atoms with van der Waals surface area (Å²) in [5.41, 5.74) is 1.78. The van der Waals surface area contributed by atoms with Crippen LogP contribution < -0.4 is 10.3 Å². The van der Waals surface area contributed by atoms with Crippen molar-refractivity contribution in [3.63, 3.8) is 0 Å². The highest BCUT2D eigenvalue weighted by Gasteiger charge is 2.18. The smallest absolute Gasteiger partial charge is 0.257 e. The molecule has 1 aromatic carbocycles. The van der Waals surface area contributed by atoms with Crippen LogP contribution >= 0.6 is 0 Å². The molecule has 3 rings (SSSR count). The van der Waals surface area contributed by atoms with Crippen LogP contribution in [0.2, 0.25) is 0 Å². The first kappa shape index (κ1) is 22.4. The van der Waals surface area contributed by atoms with Gasteiger partial charge >= 0.3 is 0 Å². The van der Waals surface area contributed by atoms with Gasteiger partial charge in [0.15, 0.2) is 6.29 Å². The molecule has 0 radical (unpaired) electrons. The van der Waals surface area contributed by atoms with Crippen molar-refractivity contribution < 1.29 is 9.53 Å². The van der Waals surface area contributed by atoms with Crippen molar-refractivity contribution in [1.82, 2.24) is 14.5 Å². The molecule has 1 aliphatic rings. The summed E-state index contributed by atoms with van der Waals surface area (Å²) in [5.74, 6) is 7.71. The Balaban J connectivity index is 0.000000687. The number of carbonyl (C=O) groups is 1. The lowest BCUT2D eigenvalue weighted by atomic mass is 10.1. The Morgan fingerprint density at radius 1 is 1.28 bits per heavy atom. The molecule has 154 valence electrons. The summed E-state index contributed by atoms with van der Waals surface area (Å²) in [6.45, 7) is 3.59. The second kappa shape index (κ2) is 10.6. The molecule has 0 spiro atoms. The monoisotopic (exact) mass is 395 g/mol. The maximum Gasteiger partial charge on any atom is 0.257 e. The van der Waals surface area contributed by atoms with E-state index in [1.54, 1.807) is 11.5 Å². The van der Waals surface area contributed by atoms with Crippen molar-refractivity contribution in [2.24, 2.45) is 5.92 Å². The fourth-order valence-electron chi connectivity index (χ4n) is 2.65. The van der Waals surface area contributed by atoms with E-state index in [1.165, 1.54) is 18.9 Å². The first-order valence-corrected chi connectivity index (χ1v) is 9.71. The minimum absolute atomic E-state index is 0.116. The van der Waals surface area contributed by atoms with Gasteiger partial charge in [0.25, 0.3) is 5.56 Å². The van der Waals surface area contributed by atoms with Gasteiger partial charge in [-0.05, 0) is 65.5 Å². The van der Waals surface area contributed by atoms with Gasteiger partial charge < -0.3 is 9.64 Å². The molecule has 6 nitrogen and oxygen atoms in total. The summed E-state index contributed by atoms with van der Waals surface area (Å²) in [7, 11) is 6.00. The molecule has 0 aliphatic heterocycles. The predicted molar refractivity (Wildman–Crippen MR) is 114 cm³/mol. The molecule has 0 saturated heterocycles. The van der Waals surface area contributed by atoms with Gasteiger partial charge in [0.1, 0.15) is 12.4 Å². The van der Waals surface area contributed by atoms with E-state index >= 15 is 0 Å². The van der Waals surface area contributed by atoms with E-state index in [2.05, 4.69) is 16.8 Å². The Morgan fingerprint density at radius 2 is 1.90 bits per heavy atom. The topological polar surface area (TPSA) is 64.4 Å². The summed E-state index contributed by atoms with van der Waals surface area (Å²) in [6, 6.07) is 9.09. The van der Waals surface area contributed by atoms with E-state index in [9.17, 15) is 9.59 Å². The van der Waals surface area contributed by atoms with E-state index < -0.39 is 0 Å². The third-order valence-electron chi connectivity index (χ3n) is 4.18. The number of hydrogen-bond acceptors (Lipinski definition) is 5. The number of nitrogens with zero attached hydrogens (tertiary/aromatic N) is 3. The molecule has 29 heavy (non-hydrogen) atoms. The van der Waals surface area contributed by atoms with E-state index in [-0.39, 0.29) is 24.1 Å². The number of aryl methyl sites for hydroxylation is 1. The number of hydrogen-bond donors (Lipinski definition) is 0. The zero-order valence-electron chi connectivity index (χ0n) is 17.8. The molecule has 0 N–H and O–H groups in total. The molecular formula is C23H29N3O3. The van der Waals surface area contributed by atoms with Crippen molar-refractivity contribution in [3.8, 4) is 17.7 Å². The van der Waals surface area contributed by atoms with Crippen molar-refractivity contribution >= 4 is 6.29 Å². The van der Waals surface area contributed by atoms with Crippen LogP contribution in [-0.4, -0.2) is 48.5 Å². The summed E-state index contributed by atoms with van der Waals surface area (Å²) in [4.78, 5) is 29.1. The second-order valence-electron chi connectivity index (χ2n) is 7.51. The third kappa shape index (κ3) is 7.20. The average molecular weight is 396 g/mol. The van der Waals surface area contributed by atoms with Crippen molar-refractivity contribution in [2.45, 2.75) is 32.7 Å². The maximum absolute atomic E-state index is 12.4. The lowest BCUT2D eigenvalue weighted by Gasteiger charge is -2.18. The minimum atomic E-state index is -0.210. The van der Waals surface area contributed by atoms with Gasteiger partial charge in [-0.2, -0.15) is 0 Å². The summed E-state index contributed by atoms with van der Waals surface area (Å²) < 4.78 is 6.73. The van der Waals surface area contributed by atoms with Crippen LogP contribution in [0.3, 0.4) is 0 Å². The molecule has 0 amide bonds. The Bertz CT molecular complexity index is 930. The fraction of sp³-hybridized carbons (Fsp3) is 0.435. The van der Waals surface area contributed by atoms with E-state index in [1.807, 2.05) is 57.2 Å². The van der Waals surface area contributed by atoms with E-state index in [0.717, 1.165) is 11.1 Å². The van der Waals surface area contributed by atoms with E-state index in [0.29, 0.717) is 18.0 Å². The highest BCUT2D eigenvalue weighted by Crippen LogP contribution is 2.27. The van der Waals surface area contributed by atoms with Gasteiger partial charge in [0.05, 0.1) is 12.1 Å². The van der Waals surface area contributed by atoms with E-state index in [4.69, 9.17) is 4.74 Å². The zero-order chi connectivity index (χ0) is 21.4. The average Bonchev–Trinajstić information content (AvgIpc) is 3.48. The van der Waals surface area contributed by atoms with Crippen molar-refractivity contribution in [2.75, 3.05) is 27.7 Å². The molecule has 1 aromatic heterocycles. The van der Waals surface area contributed by atoms with Gasteiger partial charge in [-0.15, -0.1) is 0 Å². The molecular weight excluding hydrogens is 366 g/mol. The Kier molecular flexibility index (Phi) is 8.17. The Morgan fingerprint density at radius 3 is 2.41 bits per heavy atom. The Labute approximate surface area is 172 Å². The van der Waals surface area contributed by atoms with Gasteiger partial charge in [-0.25, -0.2) is 4.98 Å². The molecule has 2 aromatic rings. The molecule has 1 heterocycles. The number of aldehydes is 1. The summed E-state index contributed by atoms with van der Waals surface area (Å²) in [6.07, 6.45) is 3.05. The number of benzene rings is 1. The predicted octanol–water partition coefficient (Wildman–Crippen LogP) is 2.68. The maximum atomic E-state index is 12.4. The molecule has 6 heteroatoms. The molecule has 1 atom stereocenters. The van der Waals surface area contributed by atoms with Crippen molar-refractivity contribution in [1.29, 1.82) is 0 Å². The zero-order valence-corrected chi connectivity index (χ0v) is 17.8. The normalized spacial score (nSPS) is 13.6. The van der Waals surface area contributed by atoms with Crippen LogP contribution in [-0.2, 0) is 4.79 Å². The molecule has 1 fully saturated rings. The number of carbonyl (C=O) groups excluding carboxylic acids is 1. The van der Waals surface area contributed by atoms with Crippen molar-refractivity contribution in [3.05, 3.63) is 57.6 Å². The number of ether oxygens (including phenoxy) is 1. The fourth-order valence-corrected chi connectivity index (χ4v) is 2.65. The van der Waals surface area contributed by atoms with Crippen LogP contribution in [0.1, 0.15) is 42.8 Å². The van der Waals surface area contributed by atoms with Crippen LogP contribution in [0.15, 0.2) is 35.1 Å². The standard InChI is InChI=1S/C20H20N2O3.C3H9N/c1-14(18-9-7-17(8-10-18)6-5-16-3-4-16)22-15(2)21-19(13-20(22)24)25-12-11-23;1-4(2)3/h7-11,13-14,16H,3-4,12H2,1-2H3;1-3H3.